The van der Waals surface area contributed by atoms with Crippen LogP contribution >= 0.6 is 0 Å². The van der Waals surface area contributed by atoms with E-state index in [1.807, 2.05) is 0 Å². The maximum absolute atomic E-state index is 8.42. The van der Waals surface area contributed by atoms with Crippen molar-refractivity contribution in [1.82, 2.24) is 0 Å². The van der Waals surface area contributed by atoms with Crippen LogP contribution < -0.4 is 0 Å². The van der Waals surface area contributed by atoms with Crippen LogP contribution in [0.4, 0.5) is 0 Å². The van der Waals surface area contributed by atoms with Gasteiger partial charge in [-0.05, 0) is 6.42 Å². The monoisotopic (exact) mass is 131 g/mol. The summed E-state index contributed by atoms with van der Waals surface area (Å²) in [6.45, 7) is 2.58. The molecule has 1 nitrogen and oxygen atoms in total. The molecule has 0 amide bonds. The van der Waals surface area contributed by atoms with Crippen molar-refractivity contribution >= 4 is 0 Å². The Morgan fingerprint density at radius 2 is 1.44 bits per heavy atom. The molecule has 0 atom stereocenters. The number of hydrogen-bond donors (Lipinski definition) is 1. The number of unbranched alkanes of at least 4 members (excludes halogenated alkanes) is 5. The lowest BCUT2D eigenvalue weighted by Crippen LogP contribution is -1.82. The Balaban J connectivity index is 2.60. The molecule has 0 heterocycles. The molecule has 0 fully saturated rings. The molecule has 0 aromatic heterocycles. The second kappa shape index (κ2) is 7.96. The molecule has 0 rings (SSSR count). The quantitative estimate of drug-likeness (QED) is 0.433. The minimum atomic E-state index is 0.367. The summed E-state index contributed by atoms with van der Waals surface area (Å²) < 4.78 is 0. The normalized spacial score (nSPS) is 10.0. The van der Waals surface area contributed by atoms with Gasteiger partial charge >= 0.3 is 0 Å². The molecule has 0 saturated heterocycles. The van der Waals surface area contributed by atoms with Crippen LogP contribution in [0, 0.1) is 0 Å². The van der Waals surface area contributed by atoms with Gasteiger partial charge in [0.05, 0.1) is 0 Å². The van der Waals surface area contributed by atoms with Gasteiger partial charge in [-0.1, -0.05) is 39.0 Å². The lowest BCUT2D eigenvalue weighted by Gasteiger charge is -1.95. The highest BCUT2D eigenvalue weighted by Gasteiger charge is 1.86. The lowest BCUT2D eigenvalue weighted by atomic mass is 10.1. The van der Waals surface area contributed by atoms with Crippen LogP contribution in [0.15, 0.2) is 0 Å². The number of aliphatic hydroxyl groups is 1. The lowest BCUT2D eigenvalue weighted by molar-refractivity contribution is 0.282. The van der Waals surface area contributed by atoms with E-state index in [2.05, 4.69) is 6.92 Å². The van der Waals surface area contributed by atoms with Gasteiger partial charge in [-0.25, -0.2) is 0 Å². The van der Waals surface area contributed by atoms with E-state index in [0.717, 1.165) is 6.42 Å². The highest BCUT2D eigenvalue weighted by molar-refractivity contribution is 4.41. The van der Waals surface area contributed by atoms with E-state index in [4.69, 9.17) is 5.11 Å². The molecule has 0 aliphatic carbocycles. The first kappa shape index (κ1) is 8.96. The summed E-state index contributed by atoms with van der Waals surface area (Å²) in [5, 5.41) is 8.42. The number of aliphatic hydroxyl groups excluding tert-OH is 1. The van der Waals surface area contributed by atoms with Crippen LogP contribution in [0.25, 0.3) is 0 Å². The highest BCUT2D eigenvalue weighted by Crippen LogP contribution is 2.03. The van der Waals surface area contributed by atoms with Gasteiger partial charge in [0, 0.05) is 6.61 Å². The largest absolute Gasteiger partial charge is 0.396 e. The fourth-order valence-electron chi connectivity index (χ4n) is 0.892. The third-order valence-corrected chi connectivity index (χ3v) is 1.51. The van der Waals surface area contributed by atoms with Gasteiger partial charge in [-0.15, -0.1) is 0 Å². The van der Waals surface area contributed by atoms with Crippen molar-refractivity contribution in [3.8, 4) is 0 Å². The molecule has 9 heavy (non-hydrogen) atoms. The molecule has 0 bridgehead atoms. The van der Waals surface area contributed by atoms with Gasteiger partial charge in [0.25, 0.3) is 0 Å². The van der Waals surface area contributed by atoms with E-state index in [0.29, 0.717) is 6.61 Å². The average molecular weight is 131 g/mol. The van der Waals surface area contributed by atoms with E-state index in [-0.39, 0.29) is 0 Å². The summed E-state index contributed by atoms with van der Waals surface area (Å²) in [7, 11) is 0. The van der Waals surface area contributed by atoms with Crippen molar-refractivity contribution in [2.45, 2.75) is 45.4 Å². The maximum atomic E-state index is 8.42. The van der Waals surface area contributed by atoms with Crippen LogP contribution in [0.2, 0.25) is 0 Å². The second-order valence-electron chi connectivity index (χ2n) is 2.49. The molecule has 0 spiro atoms. The number of hydrogen-bond acceptors (Lipinski definition) is 1. The molecule has 0 aromatic rings. The molecular weight excluding hydrogens is 113 g/mol. The molecule has 0 aromatic carbocycles. The van der Waals surface area contributed by atoms with Crippen molar-refractivity contribution in [3.63, 3.8) is 0 Å². The first-order valence-corrected chi connectivity index (χ1v) is 4.02. The van der Waals surface area contributed by atoms with Gasteiger partial charge in [0.2, 0.25) is 0 Å². The predicted molar refractivity (Wildman–Crippen MR) is 40.5 cm³/mol. The van der Waals surface area contributed by atoms with Gasteiger partial charge < -0.3 is 5.11 Å². The summed E-state index contributed by atoms with van der Waals surface area (Å²) in [6.07, 6.45) is 7.50. The SMILES string of the molecule is CCCCCCC[13CH2]O. The fraction of sp³-hybridized carbons (Fsp3) is 1.00. The Hall–Kier alpha value is -0.0400. The van der Waals surface area contributed by atoms with Crippen molar-refractivity contribution in [2.75, 3.05) is 6.61 Å². The van der Waals surface area contributed by atoms with E-state index < -0.39 is 0 Å². The molecular formula is C8H18O. The molecule has 0 radical (unpaired) electrons. The molecule has 0 aliphatic heterocycles. The third-order valence-electron chi connectivity index (χ3n) is 1.51. The predicted octanol–water partition coefficient (Wildman–Crippen LogP) is 2.34. The minimum absolute atomic E-state index is 0.367. The Bertz CT molecular complexity index is 37.8. The van der Waals surface area contributed by atoms with E-state index in [1.165, 1.54) is 32.1 Å². The zero-order valence-corrected chi connectivity index (χ0v) is 6.40. The molecule has 0 saturated carbocycles. The summed E-state index contributed by atoms with van der Waals surface area (Å²) in [6, 6.07) is 0. The zero-order valence-electron chi connectivity index (χ0n) is 6.40. The van der Waals surface area contributed by atoms with Crippen molar-refractivity contribution in [1.29, 1.82) is 0 Å². The minimum Gasteiger partial charge on any atom is -0.396 e. The van der Waals surface area contributed by atoms with E-state index in [9.17, 15) is 0 Å². The van der Waals surface area contributed by atoms with Crippen LogP contribution in [0.3, 0.4) is 0 Å². The van der Waals surface area contributed by atoms with Crippen molar-refractivity contribution in [3.05, 3.63) is 0 Å². The van der Waals surface area contributed by atoms with Crippen molar-refractivity contribution in [2.24, 2.45) is 0 Å². The molecule has 56 valence electrons. The standard InChI is InChI=1S/C8H18O/c1-2-3-4-5-6-7-8-9/h9H,2-8H2,1H3/i8+1. The van der Waals surface area contributed by atoms with Crippen molar-refractivity contribution < 1.29 is 5.11 Å². The first-order chi connectivity index (χ1) is 4.41. The van der Waals surface area contributed by atoms with Crippen LogP contribution in [-0.2, 0) is 0 Å². The van der Waals surface area contributed by atoms with E-state index in [1.54, 1.807) is 0 Å². The first-order valence-electron chi connectivity index (χ1n) is 4.02. The van der Waals surface area contributed by atoms with Gasteiger partial charge in [0.15, 0.2) is 0 Å². The zero-order chi connectivity index (χ0) is 6.95. The Morgan fingerprint density at radius 3 is 2.00 bits per heavy atom. The molecule has 1 N–H and O–H groups in total. The summed E-state index contributed by atoms with van der Waals surface area (Å²) in [5.74, 6) is 0. The summed E-state index contributed by atoms with van der Waals surface area (Å²) >= 11 is 0. The Labute approximate surface area is 58.1 Å². The summed E-state index contributed by atoms with van der Waals surface area (Å²) in [5.41, 5.74) is 0. The average Bonchev–Trinajstić information content (AvgIpc) is 1.89. The fourth-order valence-corrected chi connectivity index (χ4v) is 0.892. The van der Waals surface area contributed by atoms with Crippen LogP contribution in [0.1, 0.15) is 45.4 Å². The highest BCUT2D eigenvalue weighted by atomic mass is 16.3. The molecule has 0 unspecified atom stereocenters. The smallest absolute Gasteiger partial charge is 0.0431 e. The van der Waals surface area contributed by atoms with Gasteiger partial charge in [0.1, 0.15) is 0 Å². The Kier molecular flexibility index (Phi) is 7.92. The molecule has 0 aliphatic rings. The van der Waals surface area contributed by atoms with Crippen LogP contribution in [0.5, 0.6) is 0 Å². The topological polar surface area (TPSA) is 20.2 Å². The van der Waals surface area contributed by atoms with Gasteiger partial charge in [-0.3, -0.25) is 0 Å². The van der Waals surface area contributed by atoms with Crippen LogP contribution in [-0.4, -0.2) is 11.7 Å². The third kappa shape index (κ3) is 7.96. The summed E-state index contributed by atoms with van der Waals surface area (Å²) in [4.78, 5) is 0. The molecule has 1 heteroatoms. The second-order valence-corrected chi connectivity index (χ2v) is 2.49. The maximum Gasteiger partial charge on any atom is 0.0431 e. The Morgan fingerprint density at radius 1 is 0.889 bits per heavy atom. The van der Waals surface area contributed by atoms with E-state index >= 15 is 0 Å². The van der Waals surface area contributed by atoms with Gasteiger partial charge in [-0.2, -0.15) is 0 Å². The number of rotatable bonds is 6.